The Hall–Kier alpha value is -3.60. The third kappa shape index (κ3) is 4.35. The van der Waals surface area contributed by atoms with E-state index in [0.717, 1.165) is 16.7 Å². The maximum atomic E-state index is 12.7. The number of carbonyl (C=O) groups excluding carboxylic acids is 2. The SMILES string of the molecule is CCN1CCOc2ccc(NC(=O)Cc3ccc(-c4ccccc4)cc3)cc2C1=O. The van der Waals surface area contributed by atoms with Crippen molar-refractivity contribution in [3.8, 4) is 16.9 Å². The number of anilines is 1. The summed E-state index contributed by atoms with van der Waals surface area (Å²) in [5.74, 6) is 0.361. The summed E-state index contributed by atoms with van der Waals surface area (Å²) in [5.41, 5.74) is 4.27. The van der Waals surface area contributed by atoms with Crippen LogP contribution in [-0.2, 0) is 11.2 Å². The van der Waals surface area contributed by atoms with E-state index < -0.39 is 0 Å². The van der Waals surface area contributed by atoms with E-state index in [2.05, 4.69) is 17.4 Å². The van der Waals surface area contributed by atoms with Crippen molar-refractivity contribution in [3.63, 3.8) is 0 Å². The second-order valence-corrected chi connectivity index (χ2v) is 7.23. The van der Waals surface area contributed by atoms with Gasteiger partial charge in [0, 0.05) is 12.2 Å². The lowest BCUT2D eigenvalue weighted by Gasteiger charge is -2.17. The summed E-state index contributed by atoms with van der Waals surface area (Å²) in [6.07, 6.45) is 0.262. The van der Waals surface area contributed by atoms with Crippen LogP contribution < -0.4 is 10.1 Å². The van der Waals surface area contributed by atoms with Crippen molar-refractivity contribution in [1.29, 1.82) is 0 Å². The van der Waals surface area contributed by atoms with Crippen molar-refractivity contribution >= 4 is 17.5 Å². The maximum absolute atomic E-state index is 12.7. The number of amides is 2. The first-order valence-corrected chi connectivity index (χ1v) is 10.1. The highest BCUT2D eigenvalue weighted by atomic mass is 16.5. The van der Waals surface area contributed by atoms with Crippen LogP contribution in [0, 0.1) is 0 Å². The van der Waals surface area contributed by atoms with Gasteiger partial charge in [-0.1, -0.05) is 54.6 Å². The van der Waals surface area contributed by atoms with Crippen molar-refractivity contribution in [2.24, 2.45) is 0 Å². The molecule has 5 nitrogen and oxygen atoms in total. The summed E-state index contributed by atoms with van der Waals surface area (Å²) in [4.78, 5) is 27.0. The second-order valence-electron chi connectivity index (χ2n) is 7.23. The molecule has 0 unspecified atom stereocenters. The average molecular weight is 400 g/mol. The average Bonchev–Trinajstić information content (AvgIpc) is 2.93. The zero-order valence-electron chi connectivity index (χ0n) is 16.9. The van der Waals surface area contributed by atoms with E-state index in [0.29, 0.717) is 36.7 Å². The fraction of sp³-hybridized carbons (Fsp3) is 0.200. The normalized spacial score (nSPS) is 13.2. The lowest BCUT2D eigenvalue weighted by atomic mass is 10.0. The Morgan fingerprint density at radius 1 is 1.00 bits per heavy atom. The molecule has 1 heterocycles. The van der Waals surface area contributed by atoms with Crippen molar-refractivity contribution in [2.45, 2.75) is 13.3 Å². The largest absolute Gasteiger partial charge is 0.491 e. The van der Waals surface area contributed by atoms with Crippen LogP contribution in [0.4, 0.5) is 5.69 Å². The van der Waals surface area contributed by atoms with Gasteiger partial charge in [0.2, 0.25) is 5.91 Å². The standard InChI is InChI=1S/C25H24N2O3/c1-2-27-14-15-30-23-13-12-21(17-22(23)25(27)29)26-24(28)16-18-8-10-20(11-9-18)19-6-4-3-5-7-19/h3-13,17H,2,14-16H2,1H3,(H,26,28). The molecule has 0 aliphatic carbocycles. The molecule has 1 aliphatic rings. The fourth-order valence-electron chi connectivity index (χ4n) is 3.58. The summed E-state index contributed by atoms with van der Waals surface area (Å²) in [6.45, 7) is 3.59. The molecule has 0 bridgehead atoms. The van der Waals surface area contributed by atoms with Crippen LogP contribution in [0.5, 0.6) is 5.75 Å². The molecule has 2 amide bonds. The van der Waals surface area contributed by atoms with Crippen LogP contribution in [0.2, 0.25) is 0 Å². The first-order valence-electron chi connectivity index (χ1n) is 10.1. The van der Waals surface area contributed by atoms with Gasteiger partial charge in [-0.25, -0.2) is 0 Å². The molecule has 4 rings (SSSR count). The maximum Gasteiger partial charge on any atom is 0.257 e. The highest BCUT2D eigenvalue weighted by Crippen LogP contribution is 2.26. The summed E-state index contributed by atoms with van der Waals surface area (Å²) in [7, 11) is 0. The van der Waals surface area contributed by atoms with E-state index in [1.807, 2.05) is 49.4 Å². The molecule has 0 aromatic heterocycles. The highest BCUT2D eigenvalue weighted by Gasteiger charge is 2.23. The first kappa shape index (κ1) is 19.7. The molecule has 0 saturated carbocycles. The molecule has 0 saturated heterocycles. The Morgan fingerprint density at radius 2 is 1.73 bits per heavy atom. The van der Waals surface area contributed by atoms with Crippen LogP contribution >= 0.6 is 0 Å². The number of hydrogen-bond donors (Lipinski definition) is 1. The summed E-state index contributed by atoms with van der Waals surface area (Å²) < 4.78 is 5.68. The predicted molar refractivity (Wildman–Crippen MR) is 118 cm³/mol. The van der Waals surface area contributed by atoms with Crippen molar-refractivity contribution in [1.82, 2.24) is 4.90 Å². The van der Waals surface area contributed by atoms with Gasteiger partial charge in [-0.3, -0.25) is 9.59 Å². The summed E-state index contributed by atoms with van der Waals surface area (Å²) >= 11 is 0. The zero-order chi connectivity index (χ0) is 20.9. The molecule has 0 spiro atoms. The van der Waals surface area contributed by atoms with Gasteiger partial charge in [0.15, 0.2) is 0 Å². The molecule has 152 valence electrons. The van der Waals surface area contributed by atoms with Gasteiger partial charge < -0.3 is 15.0 Å². The number of ether oxygens (including phenoxy) is 1. The number of fused-ring (bicyclic) bond motifs is 1. The predicted octanol–water partition coefficient (Wildman–Crippen LogP) is 4.39. The minimum Gasteiger partial charge on any atom is -0.491 e. The van der Waals surface area contributed by atoms with E-state index in [-0.39, 0.29) is 18.2 Å². The molecule has 5 heteroatoms. The third-order valence-electron chi connectivity index (χ3n) is 5.21. The molecule has 1 aliphatic heterocycles. The quantitative estimate of drug-likeness (QED) is 0.691. The van der Waals surface area contributed by atoms with Gasteiger partial charge in [0.05, 0.1) is 18.5 Å². The van der Waals surface area contributed by atoms with Crippen LogP contribution in [0.25, 0.3) is 11.1 Å². The van der Waals surface area contributed by atoms with Gasteiger partial charge in [0.1, 0.15) is 12.4 Å². The van der Waals surface area contributed by atoms with Crippen LogP contribution in [0.15, 0.2) is 72.8 Å². The van der Waals surface area contributed by atoms with Crippen molar-refractivity contribution in [2.75, 3.05) is 25.0 Å². The number of hydrogen-bond acceptors (Lipinski definition) is 3. The van der Waals surface area contributed by atoms with Crippen molar-refractivity contribution in [3.05, 3.63) is 83.9 Å². The van der Waals surface area contributed by atoms with Gasteiger partial charge in [0.25, 0.3) is 5.91 Å². The molecule has 3 aromatic rings. The second kappa shape index (κ2) is 8.82. The lowest BCUT2D eigenvalue weighted by Crippen LogP contribution is -2.32. The molecular weight excluding hydrogens is 376 g/mol. The van der Waals surface area contributed by atoms with E-state index in [9.17, 15) is 9.59 Å². The molecule has 0 fully saturated rings. The van der Waals surface area contributed by atoms with Crippen LogP contribution in [0.1, 0.15) is 22.8 Å². The Balaban J connectivity index is 1.44. The zero-order valence-corrected chi connectivity index (χ0v) is 16.9. The van der Waals surface area contributed by atoms with Gasteiger partial charge >= 0.3 is 0 Å². The van der Waals surface area contributed by atoms with E-state index in [4.69, 9.17) is 4.74 Å². The number of nitrogens with one attached hydrogen (secondary N) is 1. The van der Waals surface area contributed by atoms with E-state index >= 15 is 0 Å². The van der Waals surface area contributed by atoms with Gasteiger partial charge in [-0.15, -0.1) is 0 Å². The van der Waals surface area contributed by atoms with Gasteiger partial charge in [-0.2, -0.15) is 0 Å². The smallest absolute Gasteiger partial charge is 0.257 e. The molecule has 0 radical (unpaired) electrons. The molecular formula is C25H24N2O3. The molecule has 30 heavy (non-hydrogen) atoms. The fourth-order valence-corrected chi connectivity index (χ4v) is 3.58. The number of rotatable bonds is 5. The van der Waals surface area contributed by atoms with Gasteiger partial charge in [-0.05, 0) is 41.8 Å². The molecule has 1 N–H and O–H groups in total. The summed E-state index contributed by atoms with van der Waals surface area (Å²) in [6, 6.07) is 23.3. The van der Waals surface area contributed by atoms with Crippen LogP contribution in [-0.4, -0.2) is 36.4 Å². The molecule has 3 aromatic carbocycles. The van der Waals surface area contributed by atoms with Crippen molar-refractivity contribution < 1.29 is 14.3 Å². The summed E-state index contributed by atoms with van der Waals surface area (Å²) in [5, 5.41) is 2.90. The third-order valence-corrected chi connectivity index (χ3v) is 5.21. The van der Waals surface area contributed by atoms with E-state index in [1.165, 1.54) is 0 Å². The lowest BCUT2D eigenvalue weighted by molar-refractivity contribution is -0.115. The Labute approximate surface area is 176 Å². The van der Waals surface area contributed by atoms with Crippen LogP contribution in [0.3, 0.4) is 0 Å². The monoisotopic (exact) mass is 400 g/mol. The topological polar surface area (TPSA) is 58.6 Å². The Morgan fingerprint density at radius 3 is 2.47 bits per heavy atom. The number of nitrogens with zero attached hydrogens (tertiary/aromatic N) is 1. The first-order chi connectivity index (χ1) is 14.6. The number of likely N-dealkylation sites (N-methyl/N-ethyl adjacent to an activating group) is 1. The minimum absolute atomic E-state index is 0.0717. The van der Waals surface area contributed by atoms with E-state index in [1.54, 1.807) is 23.1 Å². The number of carbonyl (C=O) groups is 2. The highest BCUT2D eigenvalue weighted by molar-refractivity contribution is 6.00. The number of benzene rings is 3. The Bertz CT molecular complexity index is 1050. The minimum atomic E-state index is -0.128. The molecule has 0 atom stereocenters. The Kier molecular flexibility index (Phi) is 5.80.